The first-order valence-electron chi connectivity index (χ1n) is 8.91. The zero-order chi connectivity index (χ0) is 16.1. The molecule has 0 amide bonds. The highest BCUT2D eigenvalue weighted by atomic mass is 35.5. The molecule has 2 aliphatic heterocycles. The number of para-hydroxylation sites is 1. The number of aromatic nitrogens is 1. The van der Waals surface area contributed by atoms with Gasteiger partial charge in [-0.05, 0) is 54.6 Å². The van der Waals surface area contributed by atoms with Gasteiger partial charge in [-0.15, -0.1) is 0 Å². The number of benzene rings is 2. The van der Waals surface area contributed by atoms with Gasteiger partial charge in [-0.3, -0.25) is 0 Å². The van der Waals surface area contributed by atoms with Gasteiger partial charge in [-0.25, -0.2) is 0 Å². The molecular weight excluding hydrogens is 316 g/mol. The maximum absolute atomic E-state index is 6.24. The van der Waals surface area contributed by atoms with Crippen LogP contribution in [0.3, 0.4) is 0 Å². The van der Waals surface area contributed by atoms with Crippen LogP contribution in [-0.4, -0.2) is 11.1 Å². The number of hydrogen-bond donors (Lipinski definition) is 1. The Hall–Kier alpha value is -1.77. The van der Waals surface area contributed by atoms with Gasteiger partial charge in [0, 0.05) is 35.1 Å². The quantitative estimate of drug-likeness (QED) is 0.692. The molecule has 5 rings (SSSR count). The fourth-order valence-corrected chi connectivity index (χ4v) is 4.87. The minimum absolute atomic E-state index is 0.354. The van der Waals surface area contributed by atoms with E-state index in [0.717, 1.165) is 18.1 Å². The van der Waals surface area contributed by atoms with E-state index in [1.54, 1.807) is 0 Å². The number of halogens is 1. The summed E-state index contributed by atoms with van der Waals surface area (Å²) in [5.41, 5.74) is 5.78. The van der Waals surface area contributed by atoms with E-state index in [9.17, 15) is 0 Å². The highest BCUT2D eigenvalue weighted by molar-refractivity contribution is 6.30. The molecule has 1 saturated heterocycles. The lowest BCUT2D eigenvalue weighted by atomic mass is 9.87. The Labute approximate surface area is 147 Å². The molecule has 2 unspecified atom stereocenters. The molecule has 1 N–H and O–H groups in total. The Bertz CT molecular complexity index is 911. The van der Waals surface area contributed by atoms with E-state index in [-0.39, 0.29) is 0 Å². The Balaban J connectivity index is 1.63. The van der Waals surface area contributed by atoms with Crippen LogP contribution < -0.4 is 5.32 Å². The third-order valence-electron chi connectivity index (χ3n) is 5.69. The van der Waals surface area contributed by atoms with Crippen molar-refractivity contribution in [2.45, 2.75) is 37.8 Å². The second kappa shape index (κ2) is 5.65. The molecule has 3 heterocycles. The number of hydrogen-bond acceptors (Lipinski definition) is 1. The van der Waals surface area contributed by atoms with Crippen molar-refractivity contribution in [3.8, 4) is 0 Å². The average molecular weight is 337 g/mol. The summed E-state index contributed by atoms with van der Waals surface area (Å²) in [6.07, 6.45) is 6.06. The van der Waals surface area contributed by atoms with E-state index in [1.165, 1.54) is 46.9 Å². The SMILES string of the molecule is Clc1cccc(C2NCCC2c2cn3c4c(cccc24)CCC3)c1. The summed E-state index contributed by atoms with van der Waals surface area (Å²) in [7, 11) is 0. The van der Waals surface area contributed by atoms with Gasteiger partial charge in [0.2, 0.25) is 0 Å². The second-order valence-corrected chi connectivity index (χ2v) is 7.51. The highest BCUT2D eigenvalue weighted by Crippen LogP contribution is 2.43. The Morgan fingerprint density at radius 3 is 2.96 bits per heavy atom. The molecule has 122 valence electrons. The van der Waals surface area contributed by atoms with Crippen LogP contribution >= 0.6 is 11.6 Å². The van der Waals surface area contributed by atoms with Crippen molar-refractivity contribution in [3.63, 3.8) is 0 Å². The Morgan fingerprint density at radius 1 is 1.12 bits per heavy atom. The van der Waals surface area contributed by atoms with Crippen molar-refractivity contribution in [3.05, 3.63) is 70.4 Å². The van der Waals surface area contributed by atoms with Crippen LogP contribution in [0.2, 0.25) is 5.02 Å². The van der Waals surface area contributed by atoms with E-state index in [0.29, 0.717) is 12.0 Å². The fourth-order valence-electron chi connectivity index (χ4n) is 4.67. The van der Waals surface area contributed by atoms with Crippen LogP contribution in [-0.2, 0) is 13.0 Å². The van der Waals surface area contributed by atoms with Crippen molar-refractivity contribution >= 4 is 22.5 Å². The molecule has 24 heavy (non-hydrogen) atoms. The number of nitrogens with zero attached hydrogens (tertiary/aromatic N) is 1. The zero-order valence-electron chi connectivity index (χ0n) is 13.6. The first kappa shape index (κ1) is 14.6. The van der Waals surface area contributed by atoms with E-state index in [2.05, 4.69) is 52.5 Å². The number of nitrogens with one attached hydrogen (secondary N) is 1. The summed E-state index contributed by atoms with van der Waals surface area (Å²) in [5.74, 6) is 0.514. The summed E-state index contributed by atoms with van der Waals surface area (Å²) in [4.78, 5) is 0. The molecule has 2 atom stereocenters. The molecule has 3 heteroatoms. The maximum atomic E-state index is 6.24. The van der Waals surface area contributed by atoms with E-state index < -0.39 is 0 Å². The molecule has 0 spiro atoms. The smallest absolute Gasteiger partial charge is 0.0515 e. The first-order chi connectivity index (χ1) is 11.8. The maximum Gasteiger partial charge on any atom is 0.0515 e. The predicted molar refractivity (Wildman–Crippen MR) is 99.8 cm³/mol. The summed E-state index contributed by atoms with van der Waals surface area (Å²) in [6, 6.07) is 15.5. The predicted octanol–water partition coefficient (Wildman–Crippen LogP) is 5.06. The minimum atomic E-state index is 0.354. The van der Waals surface area contributed by atoms with E-state index >= 15 is 0 Å². The average Bonchev–Trinajstić information content (AvgIpc) is 3.21. The van der Waals surface area contributed by atoms with Gasteiger partial charge in [-0.2, -0.15) is 0 Å². The van der Waals surface area contributed by atoms with Gasteiger partial charge in [0.1, 0.15) is 0 Å². The molecule has 2 aliphatic rings. The van der Waals surface area contributed by atoms with Gasteiger partial charge in [0.25, 0.3) is 0 Å². The topological polar surface area (TPSA) is 17.0 Å². The van der Waals surface area contributed by atoms with Crippen LogP contribution in [0.4, 0.5) is 0 Å². The van der Waals surface area contributed by atoms with Crippen LogP contribution in [0.15, 0.2) is 48.7 Å². The van der Waals surface area contributed by atoms with Crippen molar-refractivity contribution in [2.75, 3.05) is 6.54 Å². The molecule has 0 radical (unpaired) electrons. The normalized spacial score (nSPS) is 23.0. The molecular formula is C21H21ClN2. The van der Waals surface area contributed by atoms with Gasteiger partial charge >= 0.3 is 0 Å². The largest absolute Gasteiger partial charge is 0.347 e. The third kappa shape index (κ3) is 2.21. The Morgan fingerprint density at radius 2 is 2.04 bits per heavy atom. The molecule has 0 aliphatic carbocycles. The molecule has 1 fully saturated rings. The van der Waals surface area contributed by atoms with Gasteiger partial charge in [0.05, 0.1) is 5.52 Å². The number of rotatable bonds is 2. The van der Waals surface area contributed by atoms with Crippen molar-refractivity contribution in [1.82, 2.24) is 9.88 Å². The minimum Gasteiger partial charge on any atom is -0.347 e. The van der Waals surface area contributed by atoms with Crippen LogP contribution in [0.1, 0.15) is 41.5 Å². The Kier molecular flexibility index (Phi) is 3.43. The summed E-state index contributed by atoms with van der Waals surface area (Å²) >= 11 is 6.24. The molecule has 2 aromatic carbocycles. The van der Waals surface area contributed by atoms with Gasteiger partial charge in [0.15, 0.2) is 0 Å². The van der Waals surface area contributed by atoms with Gasteiger partial charge in [-0.1, -0.05) is 41.9 Å². The highest BCUT2D eigenvalue weighted by Gasteiger charge is 2.32. The molecule has 2 nitrogen and oxygen atoms in total. The molecule has 3 aromatic rings. The fraction of sp³-hybridized carbons (Fsp3) is 0.333. The molecule has 0 saturated carbocycles. The van der Waals surface area contributed by atoms with Crippen molar-refractivity contribution in [2.24, 2.45) is 0 Å². The third-order valence-corrected chi connectivity index (χ3v) is 5.92. The molecule has 1 aromatic heterocycles. The van der Waals surface area contributed by atoms with E-state index in [1.807, 2.05) is 6.07 Å². The zero-order valence-corrected chi connectivity index (χ0v) is 14.4. The van der Waals surface area contributed by atoms with Crippen molar-refractivity contribution in [1.29, 1.82) is 0 Å². The van der Waals surface area contributed by atoms with E-state index in [4.69, 9.17) is 11.6 Å². The second-order valence-electron chi connectivity index (χ2n) is 7.08. The lowest BCUT2D eigenvalue weighted by Gasteiger charge is -2.20. The lowest BCUT2D eigenvalue weighted by molar-refractivity contribution is 0.575. The monoisotopic (exact) mass is 336 g/mol. The summed E-state index contributed by atoms with van der Waals surface area (Å²) < 4.78 is 2.48. The standard InChI is InChI=1S/C21H21ClN2/c22-16-7-1-5-15(12-16)20-17(9-10-23-20)19-13-24-11-3-6-14-4-2-8-18(19)21(14)24/h1-2,4-5,7-8,12-13,17,20,23H,3,6,9-11H2. The van der Waals surface area contributed by atoms with Gasteiger partial charge < -0.3 is 9.88 Å². The van der Waals surface area contributed by atoms with Crippen LogP contribution in [0.5, 0.6) is 0 Å². The first-order valence-corrected chi connectivity index (χ1v) is 9.28. The van der Waals surface area contributed by atoms with Crippen LogP contribution in [0.25, 0.3) is 10.9 Å². The van der Waals surface area contributed by atoms with Crippen LogP contribution in [0, 0.1) is 0 Å². The molecule has 0 bridgehead atoms. The summed E-state index contributed by atoms with van der Waals surface area (Å²) in [6.45, 7) is 2.21. The number of aryl methyl sites for hydroxylation is 2. The van der Waals surface area contributed by atoms with Crippen molar-refractivity contribution < 1.29 is 0 Å². The summed E-state index contributed by atoms with van der Waals surface area (Å²) in [5, 5.41) is 5.98. The lowest BCUT2D eigenvalue weighted by Crippen LogP contribution is -2.16.